The Kier molecular flexibility index (Phi) is 17.1. The van der Waals surface area contributed by atoms with Crippen LogP contribution in [0.25, 0.3) is 21.5 Å². The molecule has 4 bridgehead atoms. The van der Waals surface area contributed by atoms with Crippen molar-refractivity contribution < 1.29 is 27.1 Å². The molecule has 4 saturated carbocycles. The highest BCUT2D eigenvalue weighted by molar-refractivity contribution is 8.00. The summed E-state index contributed by atoms with van der Waals surface area (Å²) in [7, 11) is -3.46. The lowest BCUT2D eigenvalue weighted by Crippen LogP contribution is -2.39. The third-order valence-corrected chi connectivity index (χ3v) is 21.0. The summed E-state index contributed by atoms with van der Waals surface area (Å²) in [6, 6.07) is 26.2. The van der Waals surface area contributed by atoms with Crippen molar-refractivity contribution in [3.8, 4) is 11.5 Å². The molecule has 0 radical (unpaired) electrons. The Morgan fingerprint density at radius 1 is 0.500 bits per heavy atom. The summed E-state index contributed by atoms with van der Waals surface area (Å²) in [6.07, 6.45) is 15.9. The van der Waals surface area contributed by atoms with Gasteiger partial charge in [0, 0.05) is 0 Å². The van der Waals surface area contributed by atoms with E-state index < -0.39 is 17.2 Å². The quantitative estimate of drug-likeness (QED) is 0.117. The van der Waals surface area contributed by atoms with Gasteiger partial charge in [0.25, 0.3) is 0 Å². The summed E-state index contributed by atoms with van der Waals surface area (Å²) in [6.45, 7) is 23.7. The van der Waals surface area contributed by atoms with Crippen molar-refractivity contribution in [3.63, 3.8) is 0 Å². The third-order valence-electron chi connectivity index (χ3n) is 17.3. The largest absolute Gasteiger partial charge is 0.426 e. The lowest BCUT2D eigenvalue weighted by atomic mass is 9.68. The Hall–Kier alpha value is -1.95. The maximum Gasteiger partial charge on any atom is 0.397 e. The average Bonchev–Trinajstić information content (AvgIpc) is 3.30. The van der Waals surface area contributed by atoms with Crippen molar-refractivity contribution in [3.05, 3.63) is 72.8 Å². The van der Waals surface area contributed by atoms with E-state index in [-0.39, 0.29) is 24.4 Å². The third kappa shape index (κ3) is 11.9. The maximum absolute atomic E-state index is 7.39. The van der Waals surface area contributed by atoms with Crippen molar-refractivity contribution in [1.29, 1.82) is 0 Å². The van der Waals surface area contributed by atoms with E-state index in [4.69, 9.17) is 27.1 Å². The molecule has 372 valence electrons. The van der Waals surface area contributed by atoms with Gasteiger partial charge in [0.2, 0.25) is 0 Å². The summed E-state index contributed by atoms with van der Waals surface area (Å²) in [4.78, 5) is 2.09. The highest BCUT2D eigenvalue weighted by Crippen LogP contribution is 2.58. The van der Waals surface area contributed by atoms with Gasteiger partial charge in [-0.15, -0.1) is 0 Å². The molecule has 68 heavy (non-hydrogen) atoms. The molecule has 4 aromatic carbocycles. The zero-order valence-corrected chi connectivity index (χ0v) is 45.7. The molecule has 4 unspecified atom stereocenters. The molecule has 0 amide bonds. The van der Waals surface area contributed by atoms with Gasteiger partial charge in [0.05, 0.1) is 34.2 Å². The van der Waals surface area contributed by atoms with E-state index in [9.17, 15) is 0 Å². The summed E-state index contributed by atoms with van der Waals surface area (Å²) in [5.74, 6) is 8.25. The summed E-state index contributed by atoms with van der Waals surface area (Å²) in [5, 5.41) is 4.61. The van der Waals surface area contributed by atoms with Crippen molar-refractivity contribution in [2.24, 2.45) is 71.0 Å². The molecule has 4 aliphatic carbocycles. The van der Waals surface area contributed by atoms with Gasteiger partial charge in [-0.3, -0.25) is 18.1 Å². The first-order chi connectivity index (χ1) is 32.8. The first-order valence-electron chi connectivity index (χ1n) is 27.1. The molecule has 5 aliphatic rings. The molecule has 9 rings (SSSR count). The van der Waals surface area contributed by atoms with E-state index in [0.717, 1.165) is 57.7 Å². The predicted molar refractivity (Wildman–Crippen MR) is 285 cm³/mol. The molecule has 1 heterocycles. The van der Waals surface area contributed by atoms with Crippen LogP contribution in [0, 0.1) is 71.0 Å². The topological polar surface area (TPSA) is 55.4 Å². The maximum atomic E-state index is 7.39. The fourth-order valence-corrected chi connectivity index (χ4v) is 17.3. The lowest BCUT2D eigenvalue weighted by molar-refractivity contribution is -0.0273. The van der Waals surface area contributed by atoms with Gasteiger partial charge >= 0.3 is 17.2 Å². The fraction of sp³-hybridized carbons (Fsp3) is 0.661. The molecule has 4 aromatic rings. The van der Waals surface area contributed by atoms with Crippen LogP contribution in [0.1, 0.15) is 153 Å². The minimum Gasteiger partial charge on any atom is -0.426 e. The molecule has 9 heteroatoms. The van der Waals surface area contributed by atoms with Crippen molar-refractivity contribution >= 4 is 50.5 Å². The molecule has 6 nitrogen and oxygen atoms in total. The Morgan fingerprint density at radius 2 is 0.941 bits per heavy atom. The molecule has 0 spiro atoms. The summed E-state index contributed by atoms with van der Waals surface area (Å²) < 4.78 is 44.1. The van der Waals surface area contributed by atoms with Crippen LogP contribution in [-0.4, -0.2) is 24.4 Å². The SMILES string of the molecule is CC(C)C1CC[C@@H](C)C[C@H]1OP(Oc1ccc2ccccc2c1Sc1c(OP2O[C@@H]3C[C@@H](CCC3C(C)C)C[C@@H]3CC[C@@H](C(C)C)[C@@H](C3)O2)ccc2ccccc12)O[C@@H]1C[C@H](C)CC[C@H]1C(C)C. The molecule has 14 atom stereocenters. The highest BCUT2D eigenvalue weighted by Gasteiger charge is 2.44. The molecule has 0 aromatic heterocycles. The second-order valence-corrected chi connectivity index (χ2v) is 26.7. The molecular formula is C59H84O6P2S. The van der Waals surface area contributed by atoms with Crippen molar-refractivity contribution in [2.45, 2.75) is 187 Å². The first kappa shape index (κ1) is 51.0. The fourth-order valence-electron chi connectivity index (χ4n) is 13.3. The zero-order valence-electron chi connectivity index (χ0n) is 43.1. The minimum absolute atomic E-state index is 0.0852. The highest BCUT2D eigenvalue weighted by atomic mass is 32.2. The van der Waals surface area contributed by atoms with E-state index in [0.29, 0.717) is 71.0 Å². The van der Waals surface area contributed by atoms with Crippen LogP contribution in [0.15, 0.2) is 82.6 Å². The van der Waals surface area contributed by atoms with Crippen LogP contribution in [0.4, 0.5) is 0 Å². The lowest BCUT2D eigenvalue weighted by Gasteiger charge is -2.45. The number of hydrogen-bond acceptors (Lipinski definition) is 7. The predicted octanol–water partition coefficient (Wildman–Crippen LogP) is 18.6. The number of benzene rings is 4. The van der Waals surface area contributed by atoms with Crippen LogP contribution in [0.3, 0.4) is 0 Å². The Morgan fingerprint density at radius 3 is 1.43 bits per heavy atom. The average molecular weight is 983 g/mol. The Balaban J connectivity index is 1.11. The summed E-state index contributed by atoms with van der Waals surface area (Å²) >= 11 is 1.75. The van der Waals surface area contributed by atoms with Gasteiger partial charge in [-0.05, 0) is 175 Å². The van der Waals surface area contributed by atoms with Gasteiger partial charge in [-0.25, -0.2) is 0 Å². The van der Waals surface area contributed by atoms with Crippen molar-refractivity contribution in [2.75, 3.05) is 0 Å². The molecule has 0 N–H and O–H groups in total. The van der Waals surface area contributed by atoms with Crippen LogP contribution in [-0.2, 0) is 18.1 Å². The normalized spacial score (nSPS) is 33.1. The smallest absolute Gasteiger partial charge is 0.397 e. The van der Waals surface area contributed by atoms with Gasteiger partial charge in [-0.1, -0.05) is 155 Å². The van der Waals surface area contributed by atoms with Gasteiger partial charge in [0.15, 0.2) is 0 Å². The Bertz CT molecular complexity index is 2200. The van der Waals surface area contributed by atoms with Crippen LogP contribution in [0.5, 0.6) is 11.5 Å². The summed E-state index contributed by atoms with van der Waals surface area (Å²) in [5.41, 5.74) is 0. The van der Waals surface area contributed by atoms with Gasteiger partial charge in [-0.2, -0.15) is 0 Å². The Labute approximate surface area is 417 Å². The molecule has 5 fully saturated rings. The van der Waals surface area contributed by atoms with E-state index >= 15 is 0 Å². The van der Waals surface area contributed by atoms with Crippen LogP contribution in [0.2, 0.25) is 0 Å². The van der Waals surface area contributed by atoms with Gasteiger partial charge < -0.3 is 9.05 Å². The standard InChI is InChI=1S/C59H84O6P2S/c1-36(2)46-25-19-40(9)31-54(46)62-66(63-55-32-41(10)20-26-47(55)37(3)4)60-52-29-23-44-15-11-13-17-50(44)58(52)68-59-51-18-14-12-16-45(51)24-30-53(59)61-67-64-56-34-42(21-27-48(56)38(5)6)33-43-22-28-49(39(7)8)57(35-43)65-67/h11-18,23-24,29-30,36-43,46-49,54-57H,19-22,25-28,31-35H2,1-10H3/t40-,41-,42+,43+,46+,47?,48+,49?,54-,55-,56-,57-,66?,67?/m1/s1. The monoisotopic (exact) mass is 983 g/mol. The molecule has 1 saturated heterocycles. The van der Waals surface area contributed by atoms with E-state index in [1.165, 1.54) is 68.6 Å². The van der Waals surface area contributed by atoms with Crippen LogP contribution >= 0.6 is 29.0 Å². The number of hydrogen-bond donors (Lipinski definition) is 0. The zero-order chi connectivity index (χ0) is 47.6. The second kappa shape index (κ2) is 22.9. The number of rotatable bonds is 14. The second-order valence-electron chi connectivity index (χ2n) is 23.6. The van der Waals surface area contributed by atoms with Crippen molar-refractivity contribution in [1.82, 2.24) is 0 Å². The minimum atomic E-state index is -1.75. The van der Waals surface area contributed by atoms with Crippen LogP contribution < -0.4 is 9.05 Å². The molecule has 1 aliphatic heterocycles. The molecular weight excluding hydrogens is 899 g/mol. The number of fused-ring (bicyclic) bond motifs is 6. The van der Waals surface area contributed by atoms with E-state index in [2.05, 4.69) is 142 Å². The first-order valence-corrected chi connectivity index (χ1v) is 30.1. The van der Waals surface area contributed by atoms with E-state index in [1.807, 2.05) is 0 Å². The van der Waals surface area contributed by atoms with E-state index in [1.54, 1.807) is 11.8 Å². The van der Waals surface area contributed by atoms with Gasteiger partial charge in [0.1, 0.15) is 11.5 Å².